The fourth-order valence-corrected chi connectivity index (χ4v) is 4.29. The third-order valence-electron chi connectivity index (χ3n) is 4.69. The van der Waals surface area contributed by atoms with E-state index in [-0.39, 0.29) is 0 Å². The van der Waals surface area contributed by atoms with Gasteiger partial charge >= 0.3 is 0 Å². The van der Waals surface area contributed by atoms with E-state index >= 15 is 0 Å². The van der Waals surface area contributed by atoms with E-state index in [1.807, 2.05) is 37.0 Å². The number of nitrogens with zero attached hydrogens (tertiary/aromatic N) is 2. The Balaban J connectivity index is 1.50. The minimum absolute atomic E-state index is 0.403. The number of rotatable bonds is 6. The summed E-state index contributed by atoms with van der Waals surface area (Å²) < 4.78 is 0. The first-order chi connectivity index (χ1) is 13.2. The maximum atomic E-state index is 11.3. The smallest absolute Gasteiger partial charge is 0.248 e. The molecule has 1 aliphatic rings. The topological polar surface area (TPSA) is 70.7 Å². The maximum absolute atomic E-state index is 11.3. The Morgan fingerprint density at radius 1 is 1.26 bits per heavy atom. The van der Waals surface area contributed by atoms with E-state index in [9.17, 15) is 4.79 Å². The quantitative estimate of drug-likeness (QED) is 0.458. The number of amides is 1. The summed E-state index contributed by atoms with van der Waals surface area (Å²) in [6.45, 7) is 2.65. The molecule has 6 heteroatoms. The van der Waals surface area contributed by atoms with E-state index in [4.69, 9.17) is 5.73 Å². The van der Waals surface area contributed by atoms with Crippen LogP contribution in [0.15, 0.2) is 64.5 Å². The van der Waals surface area contributed by atoms with Gasteiger partial charge in [-0.15, -0.1) is 11.8 Å². The highest BCUT2D eigenvalue weighted by atomic mass is 32.2. The van der Waals surface area contributed by atoms with Gasteiger partial charge in [0.15, 0.2) is 5.96 Å². The number of thioether (sulfide) groups is 1. The molecule has 0 bridgehead atoms. The molecular formula is C21H26N4OS. The van der Waals surface area contributed by atoms with Crippen LogP contribution < -0.4 is 11.1 Å². The molecule has 0 saturated carbocycles. The summed E-state index contributed by atoms with van der Waals surface area (Å²) in [6.07, 6.45) is 1.18. The molecule has 1 unspecified atom stereocenters. The van der Waals surface area contributed by atoms with Crippen LogP contribution in [0.4, 0.5) is 0 Å². The molecule has 1 fully saturated rings. The Hall–Kier alpha value is -2.47. The fraction of sp³-hybridized carbons (Fsp3) is 0.333. The van der Waals surface area contributed by atoms with Gasteiger partial charge in [-0.2, -0.15) is 0 Å². The second-order valence-electron chi connectivity index (χ2n) is 6.69. The van der Waals surface area contributed by atoms with Crippen molar-refractivity contribution in [1.29, 1.82) is 0 Å². The predicted octanol–water partition coefficient (Wildman–Crippen LogP) is 2.98. The van der Waals surface area contributed by atoms with Crippen LogP contribution in [0.3, 0.4) is 0 Å². The molecule has 27 heavy (non-hydrogen) atoms. The molecule has 1 saturated heterocycles. The van der Waals surface area contributed by atoms with Gasteiger partial charge in [-0.05, 0) is 42.2 Å². The number of carbonyl (C=O) groups is 1. The van der Waals surface area contributed by atoms with Crippen LogP contribution in [-0.4, -0.2) is 42.7 Å². The molecule has 2 aromatic carbocycles. The van der Waals surface area contributed by atoms with Crippen molar-refractivity contribution >= 4 is 23.6 Å². The summed E-state index contributed by atoms with van der Waals surface area (Å²) in [7, 11) is 1.81. The van der Waals surface area contributed by atoms with Crippen LogP contribution in [0.5, 0.6) is 0 Å². The zero-order valence-corrected chi connectivity index (χ0v) is 16.4. The second-order valence-corrected chi connectivity index (χ2v) is 7.78. The molecule has 142 valence electrons. The van der Waals surface area contributed by atoms with Crippen molar-refractivity contribution in [3.8, 4) is 0 Å². The number of primary amides is 1. The molecule has 3 rings (SSSR count). The summed E-state index contributed by atoms with van der Waals surface area (Å²) in [5.74, 6) is 2.29. The van der Waals surface area contributed by atoms with Crippen molar-refractivity contribution < 1.29 is 4.79 Å². The van der Waals surface area contributed by atoms with E-state index in [2.05, 4.69) is 45.5 Å². The van der Waals surface area contributed by atoms with Crippen LogP contribution in [0.2, 0.25) is 0 Å². The molecule has 0 radical (unpaired) electrons. The lowest BCUT2D eigenvalue weighted by Crippen LogP contribution is -2.39. The summed E-state index contributed by atoms with van der Waals surface area (Å²) in [5.41, 5.74) is 6.90. The van der Waals surface area contributed by atoms with Gasteiger partial charge in [-0.1, -0.05) is 30.3 Å². The van der Waals surface area contributed by atoms with Crippen molar-refractivity contribution in [2.75, 3.05) is 25.9 Å². The number of nitrogens with two attached hydrogens (primary N) is 1. The number of hydrogen-bond acceptors (Lipinski definition) is 3. The third kappa shape index (κ3) is 5.50. The van der Waals surface area contributed by atoms with Gasteiger partial charge in [-0.25, -0.2) is 0 Å². The van der Waals surface area contributed by atoms with Crippen molar-refractivity contribution in [3.63, 3.8) is 0 Å². The lowest BCUT2D eigenvalue weighted by Gasteiger charge is -2.22. The van der Waals surface area contributed by atoms with Crippen LogP contribution >= 0.6 is 11.8 Å². The number of likely N-dealkylation sites (tertiary alicyclic amines) is 1. The first kappa shape index (κ1) is 19.3. The van der Waals surface area contributed by atoms with E-state index in [1.54, 1.807) is 6.07 Å². The molecule has 2 aromatic rings. The Labute approximate surface area is 165 Å². The summed E-state index contributed by atoms with van der Waals surface area (Å²) in [4.78, 5) is 19.4. The fourth-order valence-electron chi connectivity index (χ4n) is 3.24. The van der Waals surface area contributed by atoms with Gasteiger partial charge in [0.05, 0.1) is 0 Å². The molecule has 1 heterocycles. The number of benzene rings is 2. The average Bonchev–Trinajstić information content (AvgIpc) is 3.17. The Bertz CT molecular complexity index is 794. The SMILES string of the molecule is CN=C(NCc1cccc(C(N)=O)c1)N1CCC(CSc2ccccc2)C1. The van der Waals surface area contributed by atoms with Crippen LogP contribution in [0.25, 0.3) is 0 Å². The first-order valence-corrected chi connectivity index (χ1v) is 10.2. The first-order valence-electron chi connectivity index (χ1n) is 9.18. The minimum Gasteiger partial charge on any atom is -0.366 e. The van der Waals surface area contributed by atoms with Crippen molar-refractivity contribution in [2.24, 2.45) is 16.6 Å². The number of nitrogens with one attached hydrogen (secondary N) is 1. The van der Waals surface area contributed by atoms with Crippen LogP contribution in [0.1, 0.15) is 22.3 Å². The highest BCUT2D eigenvalue weighted by Gasteiger charge is 2.24. The average molecular weight is 383 g/mol. The maximum Gasteiger partial charge on any atom is 0.248 e. The number of guanidine groups is 1. The number of carbonyl (C=O) groups excluding carboxylic acids is 1. The van der Waals surface area contributed by atoms with Crippen molar-refractivity contribution in [2.45, 2.75) is 17.9 Å². The van der Waals surface area contributed by atoms with Crippen LogP contribution in [-0.2, 0) is 6.54 Å². The second kappa shape index (κ2) is 9.46. The Morgan fingerprint density at radius 3 is 2.81 bits per heavy atom. The monoisotopic (exact) mass is 382 g/mol. The molecule has 1 atom stereocenters. The molecule has 0 spiro atoms. The number of hydrogen-bond donors (Lipinski definition) is 2. The molecule has 3 N–H and O–H groups in total. The lowest BCUT2D eigenvalue weighted by molar-refractivity contribution is 0.1000. The third-order valence-corrected chi connectivity index (χ3v) is 5.93. The van der Waals surface area contributed by atoms with E-state index < -0.39 is 5.91 Å². The largest absolute Gasteiger partial charge is 0.366 e. The Morgan fingerprint density at radius 2 is 2.07 bits per heavy atom. The van der Waals surface area contributed by atoms with Crippen molar-refractivity contribution in [3.05, 3.63) is 65.7 Å². The van der Waals surface area contributed by atoms with Crippen LogP contribution in [0, 0.1) is 5.92 Å². The molecule has 0 aliphatic carbocycles. The molecular weight excluding hydrogens is 356 g/mol. The molecule has 1 amide bonds. The van der Waals surface area contributed by atoms with E-state index in [0.29, 0.717) is 18.0 Å². The highest BCUT2D eigenvalue weighted by molar-refractivity contribution is 7.99. The number of aliphatic imine (C=N–C) groups is 1. The normalized spacial score (nSPS) is 17.1. The summed E-state index contributed by atoms with van der Waals surface area (Å²) in [5, 5.41) is 3.41. The van der Waals surface area contributed by atoms with Gasteiger partial charge in [0.1, 0.15) is 0 Å². The van der Waals surface area contributed by atoms with Gasteiger partial charge in [-0.3, -0.25) is 9.79 Å². The predicted molar refractivity (Wildman–Crippen MR) is 112 cm³/mol. The summed E-state index contributed by atoms with van der Waals surface area (Å²) in [6, 6.07) is 17.9. The zero-order valence-electron chi connectivity index (χ0n) is 15.6. The van der Waals surface area contributed by atoms with E-state index in [0.717, 1.165) is 30.4 Å². The van der Waals surface area contributed by atoms with Gasteiger partial charge < -0.3 is 16.0 Å². The zero-order chi connectivity index (χ0) is 19.1. The van der Waals surface area contributed by atoms with E-state index in [1.165, 1.54) is 11.3 Å². The molecule has 5 nitrogen and oxygen atoms in total. The van der Waals surface area contributed by atoms with Gasteiger partial charge in [0.2, 0.25) is 5.91 Å². The standard InChI is InChI=1S/C21H26N4OS/c1-23-21(24-13-16-6-5-7-18(12-16)20(22)26)25-11-10-17(14-25)15-27-19-8-3-2-4-9-19/h2-9,12,17H,10-11,13-15H2,1H3,(H2,22,26)(H,23,24). The van der Waals surface area contributed by atoms with Gasteiger partial charge in [0.25, 0.3) is 0 Å². The van der Waals surface area contributed by atoms with Crippen molar-refractivity contribution in [1.82, 2.24) is 10.2 Å². The minimum atomic E-state index is -0.403. The molecule has 1 aliphatic heterocycles. The highest BCUT2D eigenvalue weighted by Crippen LogP contribution is 2.25. The Kier molecular flexibility index (Phi) is 6.76. The summed E-state index contributed by atoms with van der Waals surface area (Å²) >= 11 is 1.92. The van der Waals surface area contributed by atoms with Gasteiger partial charge in [0, 0.05) is 42.9 Å². The molecule has 0 aromatic heterocycles. The lowest BCUT2D eigenvalue weighted by atomic mass is 10.1.